The summed E-state index contributed by atoms with van der Waals surface area (Å²) in [5.41, 5.74) is 0.941. The van der Waals surface area contributed by atoms with E-state index in [9.17, 15) is 18.0 Å². The summed E-state index contributed by atoms with van der Waals surface area (Å²) < 4.78 is 39.6. The van der Waals surface area contributed by atoms with Gasteiger partial charge in [0.2, 0.25) is 0 Å². The van der Waals surface area contributed by atoms with Crippen molar-refractivity contribution in [2.24, 2.45) is 0 Å². The Morgan fingerprint density at radius 2 is 1.53 bits per heavy atom. The van der Waals surface area contributed by atoms with Gasteiger partial charge in [-0.2, -0.15) is 0 Å². The second kappa shape index (κ2) is 5.14. The lowest BCUT2D eigenvalue weighted by molar-refractivity contribution is 0.112. The summed E-state index contributed by atoms with van der Waals surface area (Å²) in [6.45, 7) is 0. The van der Waals surface area contributed by atoms with Crippen molar-refractivity contribution in [1.82, 2.24) is 0 Å². The van der Waals surface area contributed by atoms with Gasteiger partial charge >= 0.3 is 0 Å². The Hall–Kier alpha value is -2.30. The molecule has 5 heteroatoms. The second-order valence-electron chi connectivity index (χ2n) is 3.99. The normalized spacial score (nSPS) is 10.3. The van der Waals surface area contributed by atoms with E-state index in [1.165, 1.54) is 11.9 Å². The van der Waals surface area contributed by atoms with Crippen LogP contribution in [-0.4, -0.2) is 13.3 Å². The summed E-state index contributed by atoms with van der Waals surface area (Å²) in [6.07, 6.45) is 0.682. The van der Waals surface area contributed by atoms with Crippen LogP contribution < -0.4 is 4.90 Å². The van der Waals surface area contributed by atoms with Crippen molar-refractivity contribution in [3.63, 3.8) is 0 Å². The minimum atomic E-state index is -1.23. The first kappa shape index (κ1) is 13.1. The van der Waals surface area contributed by atoms with Crippen molar-refractivity contribution >= 4 is 17.7 Å². The Bertz CT molecular complexity index is 611. The van der Waals surface area contributed by atoms with Crippen molar-refractivity contribution in [1.29, 1.82) is 0 Å². The van der Waals surface area contributed by atoms with E-state index >= 15 is 0 Å². The molecular formula is C14H10F3NO. The lowest BCUT2D eigenvalue weighted by atomic mass is 10.2. The molecule has 0 fully saturated rings. The lowest BCUT2D eigenvalue weighted by Crippen LogP contribution is -2.12. The van der Waals surface area contributed by atoms with Gasteiger partial charge in [0.25, 0.3) is 0 Å². The van der Waals surface area contributed by atoms with E-state index in [0.29, 0.717) is 23.6 Å². The van der Waals surface area contributed by atoms with Crippen LogP contribution in [0.5, 0.6) is 0 Å². The van der Waals surface area contributed by atoms with E-state index in [1.54, 1.807) is 24.3 Å². The highest BCUT2D eigenvalue weighted by Gasteiger charge is 2.14. The third kappa shape index (κ3) is 2.59. The molecule has 0 aromatic heterocycles. The molecule has 2 aromatic rings. The summed E-state index contributed by atoms with van der Waals surface area (Å²) in [5.74, 6) is -3.21. The van der Waals surface area contributed by atoms with Crippen LogP contribution in [0.15, 0.2) is 36.4 Å². The fourth-order valence-corrected chi connectivity index (χ4v) is 1.68. The van der Waals surface area contributed by atoms with E-state index in [2.05, 4.69) is 0 Å². The molecule has 2 aromatic carbocycles. The van der Waals surface area contributed by atoms with Gasteiger partial charge in [-0.1, -0.05) is 0 Å². The molecule has 0 atom stereocenters. The topological polar surface area (TPSA) is 20.3 Å². The molecule has 2 nitrogen and oxygen atoms in total. The number of benzene rings is 2. The number of carbonyl (C=O) groups is 1. The van der Waals surface area contributed by atoms with Crippen LogP contribution >= 0.6 is 0 Å². The maximum absolute atomic E-state index is 13.6. The smallest absolute Gasteiger partial charge is 0.161 e. The fourth-order valence-electron chi connectivity index (χ4n) is 1.68. The molecule has 0 heterocycles. The first-order chi connectivity index (χ1) is 9.02. The maximum atomic E-state index is 13.6. The first-order valence-corrected chi connectivity index (χ1v) is 5.46. The van der Waals surface area contributed by atoms with E-state index in [0.717, 1.165) is 6.07 Å². The van der Waals surface area contributed by atoms with Gasteiger partial charge in [-0.3, -0.25) is 4.79 Å². The third-order valence-electron chi connectivity index (χ3n) is 2.77. The molecule has 0 unspecified atom stereocenters. The molecule has 98 valence electrons. The van der Waals surface area contributed by atoms with E-state index in [-0.39, 0.29) is 5.69 Å². The van der Waals surface area contributed by atoms with Gasteiger partial charge < -0.3 is 4.90 Å². The number of anilines is 2. The van der Waals surface area contributed by atoms with Gasteiger partial charge in [0.05, 0.1) is 5.69 Å². The molecule has 0 radical (unpaired) electrons. The van der Waals surface area contributed by atoms with Crippen LogP contribution in [0.25, 0.3) is 0 Å². The Labute approximate surface area is 108 Å². The molecule has 0 aliphatic carbocycles. The third-order valence-corrected chi connectivity index (χ3v) is 2.77. The van der Waals surface area contributed by atoms with Crippen LogP contribution in [0.4, 0.5) is 24.5 Å². The zero-order valence-electron chi connectivity index (χ0n) is 10.0. The number of rotatable bonds is 3. The average molecular weight is 265 g/mol. The molecule has 0 spiro atoms. The monoisotopic (exact) mass is 265 g/mol. The number of halogens is 3. The highest BCUT2D eigenvalue weighted by molar-refractivity contribution is 5.76. The lowest BCUT2D eigenvalue weighted by Gasteiger charge is -2.20. The fraction of sp³-hybridized carbons (Fsp3) is 0.0714. The molecule has 2 rings (SSSR count). The largest absolute Gasteiger partial charge is 0.342 e. The van der Waals surface area contributed by atoms with E-state index in [4.69, 9.17) is 0 Å². The predicted octanol–water partition coefficient (Wildman–Crippen LogP) is 3.68. The van der Waals surface area contributed by atoms with Crippen molar-refractivity contribution < 1.29 is 18.0 Å². The molecule has 0 amide bonds. The first-order valence-electron chi connectivity index (χ1n) is 5.46. The summed E-state index contributed by atoms with van der Waals surface area (Å²) >= 11 is 0. The Morgan fingerprint density at radius 1 is 0.947 bits per heavy atom. The molecule has 0 bridgehead atoms. The van der Waals surface area contributed by atoms with E-state index < -0.39 is 17.5 Å². The molecule has 19 heavy (non-hydrogen) atoms. The summed E-state index contributed by atoms with van der Waals surface area (Å²) in [6, 6.07) is 7.57. The number of carbonyl (C=O) groups excluding carboxylic acids is 1. The van der Waals surface area contributed by atoms with Crippen LogP contribution in [0.3, 0.4) is 0 Å². The molecule has 0 aliphatic rings. The summed E-state index contributed by atoms with van der Waals surface area (Å²) in [5, 5.41) is 0. The van der Waals surface area contributed by atoms with Gasteiger partial charge in [-0.25, -0.2) is 13.2 Å². The number of hydrogen-bond donors (Lipinski definition) is 0. The van der Waals surface area contributed by atoms with Crippen molar-refractivity contribution in [3.05, 3.63) is 59.4 Å². The highest BCUT2D eigenvalue weighted by atomic mass is 19.2. The van der Waals surface area contributed by atoms with Crippen molar-refractivity contribution in [3.8, 4) is 0 Å². The quantitative estimate of drug-likeness (QED) is 0.623. The zero-order chi connectivity index (χ0) is 14.0. The van der Waals surface area contributed by atoms with Crippen LogP contribution in [0, 0.1) is 17.5 Å². The molecule has 0 saturated heterocycles. The summed E-state index contributed by atoms with van der Waals surface area (Å²) in [7, 11) is 1.52. The SMILES string of the molecule is CN(c1ccc(C=O)cc1)c1cc(F)c(F)cc1F. The Morgan fingerprint density at radius 3 is 2.11 bits per heavy atom. The zero-order valence-corrected chi connectivity index (χ0v) is 10.0. The molecular weight excluding hydrogens is 255 g/mol. The van der Waals surface area contributed by atoms with Gasteiger partial charge in [-0.05, 0) is 24.3 Å². The van der Waals surface area contributed by atoms with E-state index in [1.807, 2.05) is 0 Å². The van der Waals surface area contributed by atoms with Crippen molar-refractivity contribution in [2.45, 2.75) is 0 Å². The maximum Gasteiger partial charge on any atom is 0.161 e. The predicted molar refractivity (Wildman–Crippen MR) is 66.2 cm³/mol. The van der Waals surface area contributed by atoms with Crippen LogP contribution in [0.2, 0.25) is 0 Å². The number of aldehydes is 1. The standard InChI is InChI=1S/C14H10F3NO/c1-18(10-4-2-9(8-19)3-5-10)14-7-12(16)11(15)6-13(14)17/h2-8H,1H3. The Kier molecular flexibility index (Phi) is 3.55. The van der Waals surface area contributed by atoms with Gasteiger partial charge in [0.15, 0.2) is 11.6 Å². The second-order valence-corrected chi connectivity index (χ2v) is 3.99. The highest BCUT2D eigenvalue weighted by Crippen LogP contribution is 2.28. The Balaban J connectivity index is 2.40. The minimum absolute atomic E-state index is 0.0854. The molecule has 0 saturated carbocycles. The van der Waals surface area contributed by atoms with Gasteiger partial charge in [0.1, 0.15) is 12.1 Å². The minimum Gasteiger partial charge on any atom is -0.342 e. The summed E-state index contributed by atoms with van der Waals surface area (Å²) in [4.78, 5) is 11.9. The molecule has 0 N–H and O–H groups in total. The average Bonchev–Trinajstić information content (AvgIpc) is 2.42. The van der Waals surface area contributed by atoms with Gasteiger partial charge in [-0.15, -0.1) is 0 Å². The number of hydrogen-bond acceptors (Lipinski definition) is 2. The molecule has 0 aliphatic heterocycles. The van der Waals surface area contributed by atoms with Crippen LogP contribution in [0.1, 0.15) is 10.4 Å². The number of nitrogens with zero attached hydrogens (tertiary/aromatic N) is 1. The van der Waals surface area contributed by atoms with Crippen LogP contribution in [-0.2, 0) is 0 Å². The van der Waals surface area contributed by atoms with Gasteiger partial charge in [0, 0.05) is 30.4 Å². The van der Waals surface area contributed by atoms with Crippen molar-refractivity contribution in [2.75, 3.05) is 11.9 Å².